The Bertz CT molecular complexity index is 407. The van der Waals surface area contributed by atoms with Crippen LogP contribution in [0.15, 0.2) is 0 Å². The number of hydrogen-bond acceptors (Lipinski definition) is 5. The van der Waals surface area contributed by atoms with Crippen LogP contribution in [0.3, 0.4) is 0 Å². The average Bonchev–Trinajstić information content (AvgIpc) is 2.21. The molecule has 0 saturated carbocycles. The van der Waals surface area contributed by atoms with Crippen LogP contribution in [0.2, 0.25) is 0 Å². The minimum atomic E-state index is -1.22. The summed E-state index contributed by atoms with van der Waals surface area (Å²) in [5.41, 5.74) is -1.45. The number of carbonyl (C=O) groups excluding carboxylic acids is 2. The number of ether oxygens (including phenoxy) is 2. The van der Waals surface area contributed by atoms with Gasteiger partial charge in [0.2, 0.25) is 0 Å². The van der Waals surface area contributed by atoms with Crippen LogP contribution in [0.4, 0.5) is 0 Å². The molecule has 0 aliphatic heterocycles. The topological polar surface area (TPSA) is 76.4 Å². The van der Waals surface area contributed by atoms with E-state index in [1.807, 2.05) is 13.8 Å². The molecule has 0 aliphatic carbocycles. The molecule has 0 amide bonds. The Balaban J connectivity index is 5.43. The third-order valence-corrected chi connectivity index (χ3v) is 2.61. The first kappa shape index (κ1) is 20.4. The SMILES string of the molecule is CC(C)C[C@@H](C#N)C(C(=O)OC(C)(C)C)C(=O)OC(C)(C)C. The van der Waals surface area contributed by atoms with Gasteiger partial charge in [0.1, 0.15) is 11.2 Å². The van der Waals surface area contributed by atoms with Gasteiger partial charge < -0.3 is 9.47 Å². The van der Waals surface area contributed by atoms with E-state index in [0.29, 0.717) is 6.42 Å². The predicted octanol–water partition coefficient (Wildman–Crippen LogP) is 3.47. The van der Waals surface area contributed by atoms with Crippen LogP contribution in [0.25, 0.3) is 0 Å². The van der Waals surface area contributed by atoms with Gasteiger partial charge in [-0.25, -0.2) is 0 Å². The van der Waals surface area contributed by atoms with Gasteiger partial charge in [-0.3, -0.25) is 9.59 Å². The van der Waals surface area contributed by atoms with E-state index in [1.54, 1.807) is 41.5 Å². The highest BCUT2D eigenvalue weighted by atomic mass is 16.6. The molecule has 0 aromatic carbocycles. The van der Waals surface area contributed by atoms with Crippen molar-refractivity contribution < 1.29 is 19.1 Å². The number of rotatable bonds is 5. The fraction of sp³-hybridized carbons (Fsp3) is 0.824. The van der Waals surface area contributed by atoms with Crippen molar-refractivity contribution in [1.82, 2.24) is 0 Å². The Morgan fingerprint density at radius 2 is 1.32 bits per heavy atom. The highest BCUT2D eigenvalue weighted by Gasteiger charge is 2.41. The normalized spacial score (nSPS) is 13.7. The molecule has 0 bridgehead atoms. The molecule has 1 atom stereocenters. The number of nitriles is 1. The second-order valence-electron chi connectivity index (χ2n) is 7.91. The lowest BCUT2D eigenvalue weighted by molar-refractivity contribution is -0.176. The van der Waals surface area contributed by atoms with Crippen molar-refractivity contribution in [1.29, 1.82) is 5.26 Å². The van der Waals surface area contributed by atoms with Crippen LogP contribution in [0.1, 0.15) is 61.8 Å². The van der Waals surface area contributed by atoms with Gasteiger partial charge in [0, 0.05) is 0 Å². The van der Waals surface area contributed by atoms with Crippen molar-refractivity contribution >= 4 is 11.9 Å². The number of carbonyl (C=O) groups is 2. The van der Waals surface area contributed by atoms with Crippen LogP contribution in [-0.4, -0.2) is 23.1 Å². The van der Waals surface area contributed by atoms with Crippen molar-refractivity contribution in [3.63, 3.8) is 0 Å². The van der Waals surface area contributed by atoms with Gasteiger partial charge in [0.25, 0.3) is 0 Å². The molecule has 0 aromatic rings. The van der Waals surface area contributed by atoms with Crippen LogP contribution in [0, 0.1) is 29.1 Å². The molecule has 0 radical (unpaired) electrons. The molecule has 0 spiro atoms. The van der Waals surface area contributed by atoms with E-state index in [0.717, 1.165) is 0 Å². The van der Waals surface area contributed by atoms with E-state index in [-0.39, 0.29) is 5.92 Å². The summed E-state index contributed by atoms with van der Waals surface area (Å²) in [7, 11) is 0. The van der Waals surface area contributed by atoms with Gasteiger partial charge in [-0.1, -0.05) is 13.8 Å². The Kier molecular flexibility index (Phi) is 7.08. The van der Waals surface area contributed by atoms with Crippen LogP contribution in [0.5, 0.6) is 0 Å². The minimum absolute atomic E-state index is 0.178. The number of esters is 2. The van der Waals surface area contributed by atoms with Gasteiger partial charge in [-0.15, -0.1) is 0 Å². The van der Waals surface area contributed by atoms with Crippen LogP contribution >= 0.6 is 0 Å². The fourth-order valence-electron chi connectivity index (χ4n) is 1.93. The largest absolute Gasteiger partial charge is 0.459 e. The lowest BCUT2D eigenvalue weighted by atomic mass is 9.86. The molecule has 0 saturated heterocycles. The molecule has 0 rings (SSSR count). The van der Waals surface area contributed by atoms with Crippen molar-refractivity contribution in [3.8, 4) is 6.07 Å². The van der Waals surface area contributed by atoms with E-state index in [9.17, 15) is 14.9 Å². The number of nitrogens with zero attached hydrogens (tertiary/aromatic N) is 1. The zero-order chi connectivity index (χ0) is 17.7. The Hall–Kier alpha value is -1.57. The van der Waals surface area contributed by atoms with Gasteiger partial charge in [-0.2, -0.15) is 5.26 Å². The van der Waals surface area contributed by atoms with E-state index in [1.165, 1.54) is 0 Å². The van der Waals surface area contributed by atoms with E-state index in [2.05, 4.69) is 6.07 Å². The Labute approximate surface area is 134 Å². The summed E-state index contributed by atoms with van der Waals surface area (Å²) < 4.78 is 10.6. The average molecular weight is 311 g/mol. The zero-order valence-electron chi connectivity index (χ0n) is 15.0. The first-order valence-corrected chi connectivity index (χ1v) is 7.62. The van der Waals surface area contributed by atoms with Crippen LogP contribution < -0.4 is 0 Å². The lowest BCUT2D eigenvalue weighted by Crippen LogP contribution is -2.40. The second kappa shape index (κ2) is 7.62. The van der Waals surface area contributed by atoms with Crippen molar-refractivity contribution in [2.45, 2.75) is 73.0 Å². The lowest BCUT2D eigenvalue weighted by Gasteiger charge is -2.28. The first-order chi connectivity index (χ1) is 9.76. The molecule has 0 fully saturated rings. The molecule has 0 heterocycles. The summed E-state index contributed by atoms with van der Waals surface area (Å²) in [6.07, 6.45) is 0.430. The highest BCUT2D eigenvalue weighted by Crippen LogP contribution is 2.26. The van der Waals surface area contributed by atoms with Gasteiger partial charge >= 0.3 is 11.9 Å². The maximum Gasteiger partial charge on any atom is 0.322 e. The summed E-state index contributed by atoms with van der Waals surface area (Å²) in [5, 5.41) is 9.37. The summed E-state index contributed by atoms with van der Waals surface area (Å²) in [5.74, 6) is -3.20. The Morgan fingerprint density at radius 3 is 1.55 bits per heavy atom. The third-order valence-electron chi connectivity index (χ3n) is 2.61. The summed E-state index contributed by atoms with van der Waals surface area (Å²) in [4.78, 5) is 24.8. The minimum Gasteiger partial charge on any atom is -0.459 e. The molecule has 0 N–H and O–H groups in total. The second-order valence-corrected chi connectivity index (χ2v) is 7.91. The summed E-state index contributed by atoms with van der Waals surface area (Å²) in [6.45, 7) is 14.2. The van der Waals surface area contributed by atoms with Crippen molar-refractivity contribution in [3.05, 3.63) is 0 Å². The smallest absolute Gasteiger partial charge is 0.322 e. The summed E-state index contributed by atoms with van der Waals surface area (Å²) >= 11 is 0. The highest BCUT2D eigenvalue weighted by molar-refractivity contribution is 5.96. The first-order valence-electron chi connectivity index (χ1n) is 7.62. The van der Waals surface area contributed by atoms with E-state index in [4.69, 9.17) is 9.47 Å². The fourth-order valence-corrected chi connectivity index (χ4v) is 1.93. The van der Waals surface area contributed by atoms with Gasteiger partial charge in [0.15, 0.2) is 5.92 Å². The maximum atomic E-state index is 12.4. The zero-order valence-corrected chi connectivity index (χ0v) is 15.0. The third kappa shape index (κ3) is 8.02. The summed E-state index contributed by atoms with van der Waals surface area (Å²) in [6, 6.07) is 2.07. The Morgan fingerprint density at radius 1 is 0.955 bits per heavy atom. The van der Waals surface area contributed by atoms with Crippen molar-refractivity contribution in [2.24, 2.45) is 17.8 Å². The van der Waals surface area contributed by atoms with Gasteiger partial charge in [0.05, 0.1) is 12.0 Å². The molecule has 5 nitrogen and oxygen atoms in total. The quantitative estimate of drug-likeness (QED) is 0.574. The molecule has 0 aliphatic rings. The maximum absolute atomic E-state index is 12.4. The van der Waals surface area contributed by atoms with Gasteiger partial charge in [-0.05, 0) is 53.9 Å². The molecule has 5 heteroatoms. The number of hydrogen-bond donors (Lipinski definition) is 0. The molecule has 126 valence electrons. The van der Waals surface area contributed by atoms with Crippen molar-refractivity contribution in [2.75, 3.05) is 0 Å². The molecule has 22 heavy (non-hydrogen) atoms. The molecular weight excluding hydrogens is 282 g/mol. The molecule has 0 aromatic heterocycles. The standard InChI is InChI=1S/C17H29NO4/c1-11(2)9-12(10-18)13(14(19)21-16(3,4)5)15(20)22-17(6,7)8/h11-13H,9H2,1-8H3/t12-/m0/s1. The van der Waals surface area contributed by atoms with Crippen LogP contribution in [-0.2, 0) is 19.1 Å². The predicted molar refractivity (Wildman–Crippen MR) is 83.7 cm³/mol. The molecular formula is C17H29NO4. The molecule has 0 unspecified atom stereocenters. The van der Waals surface area contributed by atoms with E-state index >= 15 is 0 Å². The monoisotopic (exact) mass is 311 g/mol. The van der Waals surface area contributed by atoms with E-state index < -0.39 is 35.0 Å².